The summed E-state index contributed by atoms with van der Waals surface area (Å²) in [5.74, 6) is 0.729. The van der Waals surface area contributed by atoms with Crippen LogP contribution in [0.15, 0.2) is 23.6 Å². The summed E-state index contributed by atoms with van der Waals surface area (Å²) in [6.07, 6.45) is -0.744. The lowest BCUT2D eigenvalue weighted by Gasteiger charge is -2.17. The van der Waals surface area contributed by atoms with Gasteiger partial charge in [-0.2, -0.15) is 0 Å². The van der Waals surface area contributed by atoms with Gasteiger partial charge in [0, 0.05) is 5.56 Å². The van der Waals surface area contributed by atoms with Crippen LogP contribution in [0.5, 0.6) is 5.75 Å². The van der Waals surface area contributed by atoms with Gasteiger partial charge < -0.3 is 9.84 Å². The highest BCUT2D eigenvalue weighted by molar-refractivity contribution is 7.10. The van der Waals surface area contributed by atoms with Gasteiger partial charge in [-0.25, -0.2) is 0 Å². The Hall–Kier alpha value is -1.03. The quantitative estimate of drug-likeness (QED) is 0.918. The number of rotatable bonds is 3. The predicted octanol–water partition coefficient (Wildman–Crippen LogP) is 4.11. The van der Waals surface area contributed by atoms with E-state index in [1.54, 1.807) is 13.2 Å². The van der Waals surface area contributed by atoms with Gasteiger partial charge in [-0.3, -0.25) is 0 Å². The van der Waals surface area contributed by atoms with E-state index in [9.17, 15) is 5.11 Å². The Morgan fingerprint density at radius 2 is 2.00 bits per heavy atom. The van der Waals surface area contributed by atoms with Crippen LogP contribution in [-0.4, -0.2) is 12.2 Å². The van der Waals surface area contributed by atoms with Crippen LogP contribution in [0, 0.1) is 13.8 Å². The van der Waals surface area contributed by atoms with Crippen molar-refractivity contribution in [2.45, 2.75) is 20.0 Å². The van der Waals surface area contributed by atoms with Gasteiger partial charge in [0.2, 0.25) is 0 Å². The van der Waals surface area contributed by atoms with Gasteiger partial charge in [0.15, 0.2) is 0 Å². The van der Waals surface area contributed by atoms with Crippen molar-refractivity contribution in [3.05, 3.63) is 50.2 Å². The molecule has 1 aromatic heterocycles. The summed E-state index contributed by atoms with van der Waals surface area (Å²) in [6, 6.07) is 5.66. The van der Waals surface area contributed by atoms with E-state index in [0.29, 0.717) is 5.02 Å². The van der Waals surface area contributed by atoms with E-state index in [1.807, 2.05) is 31.4 Å². The predicted molar refractivity (Wildman–Crippen MR) is 75.9 cm³/mol. The maximum atomic E-state index is 10.4. The lowest BCUT2D eigenvalue weighted by atomic mass is 10.00. The molecule has 96 valence electrons. The Kier molecular flexibility index (Phi) is 3.95. The molecule has 0 radical (unpaired) electrons. The second-order valence-electron chi connectivity index (χ2n) is 4.17. The summed E-state index contributed by atoms with van der Waals surface area (Å²) in [5, 5.41) is 12.9. The highest BCUT2D eigenvalue weighted by atomic mass is 35.5. The van der Waals surface area contributed by atoms with Crippen LogP contribution < -0.4 is 4.74 Å². The topological polar surface area (TPSA) is 29.5 Å². The third kappa shape index (κ3) is 2.26. The van der Waals surface area contributed by atoms with Crippen LogP contribution in [0.4, 0.5) is 0 Å². The summed E-state index contributed by atoms with van der Waals surface area (Å²) >= 11 is 7.50. The average molecular weight is 283 g/mol. The monoisotopic (exact) mass is 282 g/mol. The number of aryl methyl sites for hydroxylation is 1. The first-order valence-corrected chi connectivity index (χ1v) is 6.87. The van der Waals surface area contributed by atoms with Gasteiger partial charge in [0.05, 0.1) is 17.0 Å². The summed E-state index contributed by atoms with van der Waals surface area (Å²) in [5.41, 5.74) is 2.94. The molecule has 2 aromatic rings. The molecule has 0 fully saturated rings. The summed E-state index contributed by atoms with van der Waals surface area (Å²) in [7, 11) is 1.62. The van der Waals surface area contributed by atoms with Gasteiger partial charge >= 0.3 is 0 Å². The van der Waals surface area contributed by atoms with Gasteiger partial charge in [0.25, 0.3) is 0 Å². The standard InChI is InChI=1S/C14H15ClO2S/c1-8-4-5-10(13(17-3)9(8)2)12(16)14-11(15)6-7-18-14/h4-7,12,16H,1-3H3. The number of aliphatic hydroxyl groups is 1. The van der Waals surface area contributed by atoms with Crippen LogP contribution in [-0.2, 0) is 0 Å². The highest BCUT2D eigenvalue weighted by Gasteiger charge is 2.20. The van der Waals surface area contributed by atoms with Crippen LogP contribution >= 0.6 is 22.9 Å². The van der Waals surface area contributed by atoms with E-state index in [2.05, 4.69) is 0 Å². The molecule has 0 spiro atoms. The molecule has 0 aliphatic rings. The van der Waals surface area contributed by atoms with E-state index >= 15 is 0 Å². The van der Waals surface area contributed by atoms with E-state index in [-0.39, 0.29) is 0 Å². The summed E-state index contributed by atoms with van der Waals surface area (Å²) < 4.78 is 5.42. The van der Waals surface area contributed by atoms with E-state index < -0.39 is 6.10 Å². The van der Waals surface area contributed by atoms with Gasteiger partial charge in [0.1, 0.15) is 11.9 Å². The average Bonchev–Trinajstić information content (AvgIpc) is 2.78. The molecule has 2 rings (SSSR count). The second kappa shape index (κ2) is 5.31. The fraction of sp³-hybridized carbons (Fsp3) is 0.286. The molecule has 1 heterocycles. The number of benzene rings is 1. The number of hydrogen-bond acceptors (Lipinski definition) is 3. The summed E-state index contributed by atoms with van der Waals surface area (Å²) in [6.45, 7) is 4.01. The molecule has 1 atom stereocenters. The molecule has 1 unspecified atom stereocenters. The SMILES string of the molecule is COc1c(C(O)c2sccc2Cl)ccc(C)c1C. The number of aliphatic hydroxyl groups excluding tert-OH is 1. The lowest BCUT2D eigenvalue weighted by molar-refractivity contribution is 0.218. The Morgan fingerprint density at radius 3 is 2.56 bits per heavy atom. The van der Waals surface area contributed by atoms with Crippen molar-refractivity contribution in [2.75, 3.05) is 7.11 Å². The van der Waals surface area contributed by atoms with E-state index in [1.165, 1.54) is 11.3 Å². The first-order valence-electron chi connectivity index (χ1n) is 5.61. The molecular weight excluding hydrogens is 268 g/mol. The number of halogens is 1. The minimum atomic E-state index is -0.744. The molecule has 18 heavy (non-hydrogen) atoms. The zero-order valence-corrected chi connectivity index (χ0v) is 12.1. The third-order valence-corrected chi connectivity index (χ3v) is 4.51. The number of thiophene rings is 1. The molecule has 0 amide bonds. The molecule has 4 heteroatoms. The molecule has 0 bridgehead atoms. The maximum absolute atomic E-state index is 10.4. The second-order valence-corrected chi connectivity index (χ2v) is 5.52. The number of hydrogen-bond donors (Lipinski definition) is 1. The molecule has 1 N–H and O–H groups in total. The van der Waals surface area contributed by atoms with Crippen molar-refractivity contribution < 1.29 is 9.84 Å². The van der Waals surface area contributed by atoms with Crippen LogP contribution in [0.3, 0.4) is 0 Å². The van der Waals surface area contributed by atoms with Crippen molar-refractivity contribution in [3.63, 3.8) is 0 Å². The number of ether oxygens (including phenoxy) is 1. The smallest absolute Gasteiger partial charge is 0.128 e. The van der Waals surface area contributed by atoms with Crippen molar-refractivity contribution in [2.24, 2.45) is 0 Å². The maximum Gasteiger partial charge on any atom is 0.128 e. The van der Waals surface area contributed by atoms with E-state index in [0.717, 1.165) is 27.3 Å². The van der Waals surface area contributed by atoms with Crippen molar-refractivity contribution >= 4 is 22.9 Å². The van der Waals surface area contributed by atoms with Crippen molar-refractivity contribution in [1.82, 2.24) is 0 Å². The third-order valence-electron chi connectivity index (χ3n) is 3.10. The van der Waals surface area contributed by atoms with Gasteiger partial charge in [-0.15, -0.1) is 11.3 Å². The minimum Gasteiger partial charge on any atom is -0.496 e. The van der Waals surface area contributed by atoms with E-state index in [4.69, 9.17) is 16.3 Å². The van der Waals surface area contributed by atoms with Crippen LogP contribution in [0.25, 0.3) is 0 Å². The largest absolute Gasteiger partial charge is 0.496 e. The van der Waals surface area contributed by atoms with Crippen molar-refractivity contribution in [3.8, 4) is 5.75 Å². The Bertz CT molecular complexity index is 563. The van der Waals surface area contributed by atoms with Crippen LogP contribution in [0.1, 0.15) is 27.7 Å². The van der Waals surface area contributed by atoms with Crippen molar-refractivity contribution in [1.29, 1.82) is 0 Å². The molecular formula is C14H15ClO2S. The fourth-order valence-electron chi connectivity index (χ4n) is 1.94. The fourth-order valence-corrected chi connectivity index (χ4v) is 3.10. The molecule has 0 saturated carbocycles. The summed E-state index contributed by atoms with van der Waals surface area (Å²) in [4.78, 5) is 0.748. The minimum absolute atomic E-state index is 0.591. The highest BCUT2D eigenvalue weighted by Crippen LogP contribution is 2.38. The molecule has 0 saturated heterocycles. The normalized spacial score (nSPS) is 12.5. The molecule has 0 aliphatic carbocycles. The molecule has 1 aromatic carbocycles. The Labute approximate surface area is 116 Å². The molecule has 0 aliphatic heterocycles. The van der Waals surface area contributed by atoms with Crippen LogP contribution in [0.2, 0.25) is 5.02 Å². The molecule has 2 nitrogen and oxygen atoms in total. The Morgan fingerprint density at radius 1 is 1.28 bits per heavy atom. The zero-order chi connectivity index (χ0) is 13.3. The zero-order valence-electron chi connectivity index (χ0n) is 10.5. The van der Waals surface area contributed by atoms with Gasteiger partial charge in [-0.1, -0.05) is 23.7 Å². The first-order chi connectivity index (χ1) is 8.56. The number of methoxy groups -OCH3 is 1. The lowest BCUT2D eigenvalue weighted by Crippen LogP contribution is -2.03. The first kappa shape index (κ1) is 13.4. The van der Waals surface area contributed by atoms with Gasteiger partial charge in [-0.05, 0) is 36.4 Å². The Balaban J connectivity index is 2.52.